The molecule has 0 aliphatic heterocycles. The number of carbonyl (C=O) groups excluding carboxylic acids is 5. The maximum Gasteiger partial charge on any atom is 0.273 e. The van der Waals surface area contributed by atoms with Crippen molar-refractivity contribution in [3.05, 3.63) is 359 Å². The van der Waals surface area contributed by atoms with Crippen LogP contribution in [-0.2, 0) is 45.3 Å². The molecule has 8 aromatic carbocycles. The van der Waals surface area contributed by atoms with E-state index in [1.807, 2.05) is 237 Å². The first kappa shape index (κ1) is 95.3. The van der Waals surface area contributed by atoms with Crippen LogP contribution in [0.5, 0.6) is 23.5 Å². The molecule has 12 heterocycles. The molecule has 0 spiro atoms. The lowest BCUT2D eigenvalue weighted by molar-refractivity contribution is 0.0999. The summed E-state index contributed by atoms with van der Waals surface area (Å²) in [7, 11) is 3.50. The lowest BCUT2D eigenvalue weighted by atomic mass is 10.0. The highest BCUT2D eigenvalue weighted by Gasteiger charge is 2.25. The number of benzene rings is 8. The number of aromatic hydroxyl groups is 4. The van der Waals surface area contributed by atoms with Gasteiger partial charge in [-0.25, -0.2) is 20.0 Å². The van der Waals surface area contributed by atoms with Gasteiger partial charge in [0.1, 0.15) is 28.7 Å². The summed E-state index contributed by atoms with van der Waals surface area (Å²) in [6, 6.07) is 70.7. The van der Waals surface area contributed by atoms with Gasteiger partial charge in [0, 0.05) is 141 Å². The van der Waals surface area contributed by atoms with Crippen molar-refractivity contribution in [1.82, 2.24) is 90.1 Å². The number of aliphatic imine (C=N–C) groups is 4. The molecule has 20 rings (SSSR count). The number of nitrogens with one attached hydrogen (secondary N) is 12. The van der Waals surface area contributed by atoms with Gasteiger partial charge in [-0.15, -0.1) is 11.3 Å². The standard InChI is InChI=1S/C28H29N7O2.C27H23N5O3S.C26H25N7O2.C25H23N7O2/c1-17-12-24(35(34-17)28(2,3)4)27(37)31-20-7-5-6-18(14-20)13-19-8-9-23-21(15-19)22(26(36)32-23)16-29-25-10-11-30-33-25;1-15-10-25(32-31-15)28-14-21-20-13-18(6-7-22(20)30-26(21)34)11-17-4-3-5-19(12-17)29-27(35)24-9-8-23(36-24)16(2)33;1-15-10-24(31-30-15)27-14-21-20-13-18(7-8-22(20)29-25(21)34)11-17-5-4-6-19(12-17)28-26(35)23-9-16(2)32-33(23)3;1-15-10-22(32(2)31-15)25(34)28-18-5-3-4-16(12-18)11-17-6-7-21-19(13-17)20(24(33)29-21)14-26-23-8-9-27-30-23/h5-12,14-16,32,36H,13H2,1-4H3,(H,30,33)(H,31,37);3-10,12-14,30,34H,11H2,1-2H3,(H,29,35)(H,31,32);4-10,12-14,29,34H,11H2,1-3H3,(H,28,35)(H,30,31);3-10,12-14,29,33H,11H2,1-2H3,(H,27,30)(H,28,34). The molecule has 0 saturated carbocycles. The maximum absolute atomic E-state index is 13.1. The van der Waals surface area contributed by atoms with E-state index in [1.165, 1.54) is 18.3 Å². The third kappa shape index (κ3) is 23.1. The Labute approximate surface area is 816 Å². The molecule has 20 aromatic rings. The summed E-state index contributed by atoms with van der Waals surface area (Å²) in [5.74, 6) is 1.61. The van der Waals surface area contributed by atoms with Crippen LogP contribution in [0, 0.1) is 34.6 Å². The van der Waals surface area contributed by atoms with Gasteiger partial charge in [-0.3, -0.25) is 58.4 Å². The average molecular weight is 1910 g/mol. The third-order valence-electron chi connectivity index (χ3n) is 22.9. The molecule has 142 heavy (non-hydrogen) atoms. The number of aromatic amines is 8. The number of thiophene rings is 1. The van der Waals surface area contributed by atoms with Crippen LogP contribution in [0.25, 0.3) is 43.6 Å². The number of ketones is 1. The number of carbonyl (C=O) groups is 5. The number of aromatic nitrogens is 18. The highest BCUT2D eigenvalue weighted by molar-refractivity contribution is 7.16. The van der Waals surface area contributed by atoms with Crippen LogP contribution < -0.4 is 21.3 Å². The molecule has 0 atom stereocenters. The summed E-state index contributed by atoms with van der Waals surface area (Å²) in [5.41, 5.74) is 22.3. The van der Waals surface area contributed by atoms with Crippen LogP contribution in [0.15, 0.2) is 257 Å². The van der Waals surface area contributed by atoms with Crippen LogP contribution in [-0.4, -0.2) is 165 Å². The van der Waals surface area contributed by atoms with Crippen LogP contribution in [0.4, 0.5) is 46.0 Å². The lowest BCUT2D eigenvalue weighted by Crippen LogP contribution is -2.29. The Balaban J connectivity index is 0.000000130. The lowest BCUT2D eigenvalue weighted by Gasteiger charge is -2.22. The highest BCUT2D eigenvalue weighted by atomic mass is 32.1. The molecule has 36 heteroatoms. The SMILES string of the molecule is CC(=O)c1ccc(C(=O)Nc2cccc(Cc3ccc4[nH]c(O)c(C=Nc5cc(C)[nH]n5)c4c3)c2)s1.Cc1cc(C(=O)Nc2cccc(Cc3ccc4[nH]c(O)c(C=Nc5cc(C)[nH]n5)c4c3)c2)n(C)n1.Cc1cc(C(=O)Nc2cccc(Cc3ccc4[nH]c(O)c(C=Nc5ccn[nH]5)c4c3)c2)n(C(C)(C)C)n1.Cc1cc(C(=O)Nc2cccc(Cc3ccc4[nH]c(O)c(C=Nc5ccn[nH]5)c4c3)c2)n(C)n1. The summed E-state index contributed by atoms with van der Waals surface area (Å²) in [6.45, 7) is 16.9. The molecule has 0 unspecified atom stereocenters. The summed E-state index contributed by atoms with van der Waals surface area (Å²) in [4.78, 5) is 92.9. The van der Waals surface area contributed by atoms with E-state index < -0.39 is 0 Å². The van der Waals surface area contributed by atoms with E-state index in [9.17, 15) is 44.4 Å². The molecule has 714 valence electrons. The Morgan fingerprint density at radius 2 is 0.683 bits per heavy atom. The van der Waals surface area contributed by atoms with Crippen LogP contribution in [0.2, 0.25) is 0 Å². The quantitative estimate of drug-likeness (QED) is 0.0187. The number of aryl methyl sites for hydroxylation is 7. The van der Waals surface area contributed by atoms with Gasteiger partial charge in [0.25, 0.3) is 23.6 Å². The molecule has 0 saturated heterocycles. The van der Waals surface area contributed by atoms with E-state index in [1.54, 1.807) is 108 Å². The zero-order valence-electron chi connectivity index (χ0n) is 79.2. The van der Waals surface area contributed by atoms with Gasteiger partial charge in [0.2, 0.25) is 0 Å². The molecule has 0 aliphatic carbocycles. The van der Waals surface area contributed by atoms with Gasteiger partial charge in [-0.1, -0.05) is 72.8 Å². The fourth-order valence-corrected chi connectivity index (χ4v) is 17.1. The minimum absolute atomic E-state index is 0.0457. The van der Waals surface area contributed by atoms with E-state index >= 15 is 0 Å². The Kier molecular flexibility index (Phi) is 27.9. The first-order valence-electron chi connectivity index (χ1n) is 45.2. The normalized spacial score (nSPS) is 11.6. The molecule has 0 aliphatic rings. The predicted molar refractivity (Wildman–Crippen MR) is 554 cm³/mol. The number of rotatable bonds is 25. The number of H-pyrrole nitrogens is 8. The van der Waals surface area contributed by atoms with Crippen molar-refractivity contribution < 1.29 is 44.4 Å². The highest BCUT2D eigenvalue weighted by Crippen LogP contribution is 2.35. The topological polar surface area (TPSA) is 495 Å². The molecule has 16 N–H and O–H groups in total. The van der Waals surface area contributed by atoms with Gasteiger partial charge < -0.3 is 61.6 Å². The van der Waals surface area contributed by atoms with Crippen LogP contribution in [0.1, 0.15) is 174 Å². The fraction of sp³-hybridized carbons (Fsp3) is 0.151. The Bertz CT molecular complexity index is 8210. The minimum atomic E-state index is -0.310. The molecular weight excluding hydrogens is 1810 g/mol. The summed E-state index contributed by atoms with van der Waals surface area (Å²) in [5, 5.41) is 97.0. The number of amides is 4. The number of fused-ring (bicyclic) bond motifs is 4. The molecule has 12 aromatic heterocycles. The third-order valence-corrected chi connectivity index (χ3v) is 24.1. The second kappa shape index (κ2) is 41.6. The summed E-state index contributed by atoms with van der Waals surface area (Å²) in [6.07, 6.45) is 12.3. The van der Waals surface area contributed by atoms with Crippen molar-refractivity contribution in [3.63, 3.8) is 0 Å². The second-order valence-electron chi connectivity index (χ2n) is 35.2. The largest absolute Gasteiger partial charge is 0.494 e. The fourth-order valence-electron chi connectivity index (χ4n) is 16.3. The first-order chi connectivity index (χ1) is 68.3. The summed E-state index contributed by atoms with van der Waals surface area (Å²) < 4.78 is 4.91. The average Bonchev–Trinajstić information content (AvgIpc) is 1.65. The number of hydrogen-bond acceptors (Lipinski definition) is 21. The van der Waals surface area contributed by atoms with Crippen molar-refractivity contribution in [1.29, 1.82) is 0 Å². The monoisotopic (exact) mass is 1910 g/mol. The maximum atomic E-state index is 13.1. The van der Waals surface area contributed by atoms with Crippen molar-refractivity contribution >= 4 is 155 Å². The molecule has 35 nitrogen and oxygen atoms in total. The minimum Gasteiger partial charge on any atom is -0.494 e. The van der Waals surface area contributed by atoms with Crippen molar-refractivity contribution in [3.8, 4) is 23.5 Å². The van der Waals surface area contributed by atoms with Crippen molar-refractivity contribution in [2.75, 3.05) is 21.3 Å². The van der Waals surface area contributed by atoms with E-state index in [2.05, 4.69) is 117 Å². The van der Waals surface area contributed by atoms with Crippen molar-refractivity contribution in [2.24, 2.45) is 34.1 Å². The smallest absolute Gasteiger partial charge is 0.273 e. The second-order valence-corrected chi connectivity index (χ2v) is 36.3. The van der Waals surface area contributed by atoms with Gasteiger partial charge in [0.05, 0.1) is 67.0 Å². The van der Waals surface area contributed by atoms with Gasteiger partial charge in [-0.2, -0.15) is 35.7 Å². The number of hydrogen-bond donors (Lipinski definition) is 16. The number of Topliss-reactive ketones (excluding diaryl/α,β-unsaturated/α-hetero) is 1. The Morgan fingerprint density at radius 1 is 0.366 bits per heavy atom. The molecular formula is C106H100N26O9S. The Hall–Kier alpha value is -18.5. The van der Waals surface area contributed by atoms with Crippen LogP contribution in [0.3, 0.4) is 0 Å². The molecule has 4 amide bonds. The van der Waals surface area contributed by atoms with Gasteiger partial charge in [-0.05, 0) is 260 Å². The summed E-state index contributed by atoms with van der Waals surface area (Å²) >= 11 is 1.18. The molecule has 0 bridgehead atoms. The number of anilines is 4. The zero-order valence-corrected chi connectivity index (χ0v) is 80.0. The van der Waals surface area contributed by atoms with Gasteiger partial charge >= 0.3 is 0 Å². The van der Waals surface area contributed by atoms with E-state index in [4.69, 9.17) is 0 Å². The van der Waals surface area contributed by atoms with E-state index in [-0.39, 0.29) is 58.5 Å². The molecule has 0 radical (unpaired) electrons. The molecule has 0 fully saturated rings. The van der Waals surface area contributed by atoms with Crippen LogP contribution >= 0.6 is 11.3 Å². The van der Waals surface area contributed by atoms with E-state index in [0.29, 0.717) is 115 Å². The van der Waals surface area contributed by atoms with Crippen molar-refractivity contribution in [2.45, 2.75) is 93.5 Å². The van der Waals surface area contributed by atoms with Gasteiger partial charge in [0.15, 0.2) is 40.9 Å². The zero-order chi connectivity index (χ0) is 99.6. The number of nitrogens with zero attached hydrogens (tertiary/aromatic N) is 14. The predicted octanol–water partition coefficient (Wildman–Crippen LogP) is 20.0. The Morgan fingerprint density at radius 3 is 0.986 bits per heavy atom. The van der Waals surface area contributed by atoms with E-state index in [0.717, 1.165) is 122 Å². The first-order valence-corrected chi connectivity index (χ1v) is 46.0.